The molecule has 5 heteroatoms. The van der Waals surface area contributed by atoms with Gasteiger partial charge in [-0.3, -0.25) is 0 Å². The highest BCUT2D eigenvalue weighted by atomic mass is 19.1. The van der Waals surface area contributed by atoms with Crippen molar-refractivity contribution in [1.82, 2.24) is 0 Å². The van der Waals surface area contributed by atoms with Crippen LogP contribution in [0.15, 0.2) is 47.8 Å². The molecule has 2 rings (SSSR count). The SMILES string of the molecule is COc1cc2c(cc1C(C)=C(F)C=CC(C)=CC(=O)O)C(C(C)(C)C)=CC(C)(C)O2. The molecule has 0 aromatic heterocycles. The number of fused-ring (bicyclic) bond motifs is 1. The summed E-state index contributed by atoms with van der Waals surface area (Å²) in [4.78, 5) is 10.7. The van der Waals surface area contributed by atoms with Crippen LogP contribution >= 0.6 is 0 Å². The molecule has 0 unspecified atom stereocenters. The predicted molar refractivity (Wildman–Crippen MR) is 119 cm³/mol. The molecule has 0 fully saturated rings. The Bertz CT molecular complexity index is 970. The van der Waals surface area contributed by atoms with E-state index in [9.17, 15) is 9.18 Å². The number of halogens is 1. The van der Waals surface area contributed by atoms with Gasteiger partial charge in [0, 0.05) is 23.3 Å². The van der Waals surface area contributed by atoms with Gasteiger partial charge in [0.15, 0.2) is 0 Å². The van der Waals surface area contributed by atoms with Crippen molar-refractivity contribution in [3.63, 3.8) is 0 Å². The summed E-state index contributed by atoms with van der Waals surface area (Å²) in [6.07, 6.45) is 5.84. The molecule has 0 spiro atoms. The van der Waals surface area contributed by atoms with Crippen molar-refractivity contribution in [2.75, 3.05) is 7.11 Å². The van der Waals surface area contributed by atoms with E-state index in [4.69, 9.17) is 14.6 Å². The number of hydrogen-bond acceptors (Lipinski definition) is 3. The second-order valence-electron chi connectivity index (χ2n) is 9.10. The fraction of sp³-hybridized carbons (Fsp3) is 0.400. The lowest BCUT2D eigenvalue weighted by molar-refractivity contribution is -0.131. The molecule has 0 amide bonds. The highest BCUT2D eigenvalue weighted by molar-refractivity contribution is 5.83. The largest absolute Gasteiger partial charge is 0.496 e. The molecule has 30 heavy (non-hydrogen) atoms. The second-order valence-corrected chi connectivity index (χ2v) is 9.10. The minimum Gasteiger partial charge on any atom is -0.496 e. The molecule has 0 bridgehead atoms. The molecule has 1 aliphatic heterocycles. The zero-order valence-electron chi connectivity index (χ0n) is 19.0. The molecule has 0 radical (unpaired) electrons. The highest BCUT2D eigenvalue weighted by Crippen LogP contribution is 2.47. The number of methoxy groups -OCH3 is 1. The van der Waals surface area contributed by atoms with Crippen molar-refractivity contribution in [3.05, 3.63) is 59.0 Å². The van der Waals surface area contributed by atoms with E-state index in [1.165, 1.54) is 12.2 Å². The Kier molecular flexibility index (Phi) is 6.65. The number of benzene rings is 1. The van der Waals surface area contributed by atoms with Gasteiger partial charge in [-0.2, -0.15) is 0 Å². The fourth-order valence-electron chi connectivity index (χ4n) is 3.38. The molecular weight excluding hydrogens is 383 g/mol. The van der Waals surface area contributed by atoms with Crippen LogP contribution < -0.4 is 9.47 Å². The predicted octanol–water partition coefficient (Wildman–Crippen LogP) is 6.58. The first-order valence-electron chi connectivity index (χ1n) is 9.86. The van der Waals surface area contributed by atoms with Crippen LogP contribution in [0, 0.1) is 5.41 Å². The third-order valence-electron chi connectivity index (χ3n) is 4.87. The molecule has 1 heterocycles. The molecular formula is C25H31FO4. The Hall–Kier alpha value is -2.82. The first-order valence-corrected chi connectivity index (χ1v) is 9.86. The number of ether oxygens (including phenoxy) is 2. The number of aliphatic carboxylic acids is 1. The van der Waals surface area contributed by atoms with Gasteiger partial charge < -0.3 is 14.6 Å². The number of carboxylic acid groups (broad SMARTS) is 1. The molecule has 0 aliphatic carbocycles. The van der Waals surface area contributed by atoms with E-state index in [2.05, 4.69) is 26.8 Å². The Balaban J connectivity index is 2.63. The summed E-state index contributed by atoms with van der Waals surface area (Å²) in [7, 11) is 1.54. The molecule has 0 atom stereocenters. The van der Waals surface area contributed by atoms with Crippen LogP contribution in [0.1, 0.15) is 59.6 Å². The van der Waals surface area contributed by atoms with Gasteiger partial charge in [0.1, 0.15) is 22.9 Å². The summed E-state index contributed by atoms with van der Waals surface area (Å²) in [5.74, 6) is -0.320. The van der Waals surface area contributed by atoms with Crippen molar-refractivity contribution in [2.24, 2.45) is 5.41 Å². The maximum Gasteiger partial charge on any atom is 0.328 e. The first-order chi connectivity index (χ1) is 13.7. The zero-order valence-corrected chi connectivity index (χ0v) is 19.0. The van der Waals surface area contributed by atoms with Crippen LogP contribution in [0.4, 0.5) is 4.39 Å². The van der Waals surface area contributed by atoms with Gasteiger partial charge in [-0.05, 0) is 68.0 Å². The molecule has 1 aromatic rings. The molecule has 1 N–H and O–H groups in total. The van der Waals surface area contributed by atoms with Gasteiger partial charge in [0.2, 0.25) is 0 Å². The number of rotatable bonds is 5. The van der Waals surface area contributed by atoms with E-state index >= 15 is 0 Å². The van der Waals surface area contributed by atoms with E-state index in [-0.39, 0.29) is 5.41 Å². The Morgan fingerprint density at radius 3 is 2.37 bits per heavy atom. The lowest BCUT2D eigenvalue weighted by Gasteiger charge is -2.36. The van der Waals surface area contributed by atoms with E-state index in [1.54, 1.807) is 27.0 Å². The standard InChI is InChI=1S/C25H31FO4/c1-15(11-23(27)28)9-10-20(26)16(2)17-12-18-19(24(3,4)5)14-25(6,7)30-22(18)13-21(17)29-8/h9-14H,1-8H3,(H,27,28). The van der Waals surface area contributed by atoms with Crippen molar-refractivity contribution in [2.45, 2.75) is 54.1 Å². The normalized spacial score (nSPS) is 17.1. The average molecular weight is 415 g/mol. The minimum atomic E-state index is -1.07. The molecule has 0 saturated heterocycles. The maximum atomic E-state index is 14.9. The Labute approximate surface area is 178 Å². The number of carboxylic acids is 1. The number of hydrogen-bond donors (Lipinski definition) is 1. The topological polar surface area (TPSA) is 55.8 Å². The third-order valence-corrected chi connectivity index (χ3v) is 4.87. The van der Waals surface area contributed by atoms with Crippen molar-refractivity contribution < 1.29 is 23.8 Å². The summed E-state index contributed by atoms with van der Waals surface area (Å²) in [5, 5.41) is 8.79. The number of allylic oxidation sites excluding steroid dienone is 6. The fourth-order valence-corrected chi connectivity index (χ4v) is 3.38. The Morgan fingerprint density at radius 2 is 1.83 bits per heavy atom. The van der Waals surface area contributed by atoms with Crippen LogP contribution in [0.5, 0.6) is 11.5 Å². The first kappa shape index (κ1) is 23.5. The van der Waals surface area contributed by atoms with Gasteiger partial charge in [-0.15, -0.1) is 0 Å². The molecule has 1 aromatic carbocycles. The lowest BCUT2D eigenvalue weighted by Crippen LogP contribution is -2.31. The van der Waals surface area contributed by atoms with E-state index in [0.717, 1.165) is 17.2 Å². The van der Waals surface area contributed by atoms with Gasteiger partial charge in [0.05, 0.1) is 7.11 Å². The van der Waals surface area contributed by atoms with Crippen LogP contribution in [-0.4, -0.2) is 23.8 Å². The third kappa shape index (κ3) is 5.41. The van der Waals surface area contributed by atoms with Crippen LogP contribution in [-0.2, 0) is 4.79 Å². The molecule has 4 nitrogen and oxygen atoms in total. The second kappa shape index (κ2) is 8.50. The summed E-state index contributed by atoms with van der Waals surface area (Å²) < 4.78 is 26.6. The zero-order chi connectivity index (χ0) is 22.9. The summed E-state index contributed by atoms with van der Waals surface area (Å²) in [6, 6.07) is 3.71. The van der Waals surface area contributed by atoms with Crippen LogP contribution in [0.3, 0.4) is 0 Å². The van der Waals surface area contributed by atoms with Gasteiger partial charge >= 0.3 is 5.97 Å². The number of carbonyl (C=O) groups is 1. The molecule has 162 valence electrons. The quantitative estimate of drug-likeness (QED) is 0.436. The van der Waals surface area contributed by atoms with Crippen molar-refractivity contribution >= 4 is 17.1 Å². The average Bonchev–Trinajstić information content (AvgIpc) is 2.61. The summed E-state index contributed by atoms with van der Waals surface area (Å²) >= 11 is 0. The molecule has 0 saturated carbocycles. The minimum absolute atomic E-state index is 0.129. The monoisotopic (exact) mass is 414 g/mol. The summed E-state index contributed by atoms with van der Waals surface area (Å²) in [5.41, 5.74) is 2.91. The summed E-state index contributed by atoms with van der Waals surface area (Å²) in [6.45, 7) is 13.7. The maximum absolute atomic E-state index is 14.9. The van der Waals surface area contributed by atoms with Crippen LogP contribution in [0.25, 0.3) is 11.1 Å². The van der Waals surface area contributed by atoms with E-state index < -0.39 is 17.4 Å². The highest BCUT2D eigenvalue weighted by Gasteiger charge is 2.33. The molecule has 1 aliphatic rings. The smallest absolute Gasteiger partial charge is 0.328 e. The van der Waals surface area contributed by atoms with Gasteiger partial charge in [-0.25, -0.2) is 9.18 Å². The van der Waals surface area contributed by atoms with Crippen molar-refractivity contribution in [1.29, 1.82) is 0 Å². The lowest BCUT2D eigenvalue weighted by atomic mass is 9.77. The van der Waals surface area contributed by atoms with E-state index in [1.807, 2.05) is 19.9 Å². The van der Waals surface area contributed by atoms with Gasteiger partial charge in [0.25, 0.3) is 0 Å². The van der Waals surface area contributed by atoms with Crippen LogP contribution in [0.2, 0.25) is 0 Å². The van der Waals surface area contributed by atoms with E-state index in [0.29, 0.717) is 28.2 Å². The van der Waals surface area contributed by atoms with Gasteiger partial charge in [-0.1, -0.05) is 26.8 Å². The van der Waals surface area contributed by atoms with Crippen molar-refractivity contribution in [3.8, 4) is 11.5 Å². The Morgan fingerprint density at radius 1 is 1.20 bits per heavy atom.